The highest BCUT2D eigenvalue weighted by Gasteiger charge is 2.09. The van der Waals surface area contributed by atoms with E-state index in [2.05, 4.69) is 5.10 Å². The molecule has 0 saturated heterocycles. The first-order valence-electron chi connectivity index (χ1n) is 4.76. The van der Waals surface area contributed by atoms with Crippen LogP contribution in [0.2, 0.25) is 0 Å². The lowest BCUT2D eigenvalue weighted by atomic mass is 10.3. The monoisotopic (exact) mass is 217 g/mol. The molecule has 1 aromatic heterocycles. The number of primary amides is 1. The maximum atomic E-state index is 11.0. The highest BCUT2D eigenvalue weighted by atomic mass is 16.5. The number of para-hydroxylation sites is 1. The number of ether oxygens (including phenoxy) is 1. The minimum atomic E-state index is -0.625. The van der Waals surface area contributed by atoms with Crippen molar-refractivity contribution >= 4 is 6.03 Å². The van der Waals surface area contributed by atoms with Crippen LogP contribution in [0.25, 0.3) is 0 Å². The van der Waals surface area contributed by atoms with E-state index in [0.717, 1.165) is 4.68 Å². The van der Waals surface area contributed by atoms with Gasteiger partial charge in [0.15, 0.2) is 0 Å². The van der Waals surface area contributed by atoms with Crippen molar-refractivity contribution in [1.82, 2.24) is 9.78 Å². The third kappa shape index (κ3) is 2.03. The number of nitrogens with two attached hydrogens (primary N) is 1. The Hall–Kier alpha value is -2.30. The highest BCUT2D eigenvalue weighted by molar-refractivity contribution is 5.74. The molecular formula is C11H11N3O2. The SMILES string of the molecule is Cc1cc(Oc2ccccc2)nn1C(N)=O. The van der Waals surface area contributed by atoms with E-state index in [1.807, 2.05) is 18.2 Å². The number of amides is 1. The smallest absolute Gasteiger partial charge is 0.339 e. The van der Waals surface area contributed by atoms with Gasteiger partial charge in [0, 0.05) is 6.07 Å². The van der Waals surface area contributed by atoms with Crippen LogP contribution in [-0.2, 0) is 0 Å². The molecule has 0 bridgehead atoms. The summed E-state index contributed by atoms with van der Waals surface area (Å²) in [6.45, 7) is 1.73. The van der Waals surface area contributed by atoms with Crippen LogP contribution in [0.3, 0.4) is 0 Å². The molecule has 0 saturated carbocycles. The van der Waals surface area contributed by atoms with Gasteiger partial charge in [-0.25, -0.2) is 4.79 Å². The zero-order valence-electron chi connectivity index (χ0n) is 8.75. The minimum Gasteiger partial charge on any atom is -0.438 e. The normalized spacial score (nSPS) is 10.1. The molecule has 0 aliphatic heterocycles. The first kappa shape index (κ1) is 10.2. The van der Waals surface area contributed by atoms with Gasteiger partial charge in [-0.05, 0) is 19.1 Å². The summed E-state index contributed by atoms with van der Waals surface area (Å²) >= 11 is 0. The molecule has 0 spiro atoms. The van der Waals surface area contributed by atoms with Crippen LogP contribution >= 0.6 is 0 Å². The van der Waals surface area contributed by atoms with E-state index in [9.17, 15) is 4.79 Å². The summed E-state index contributed by atoms with van der Waals surface area (Å²) in [5.41, 5.74) is 5.76. The number of hydrogen-bond donors (Lipinski definition) is 1. The summed E-state index contributed by atoms with van der Waals surface area (Å²) in [6.07, 6.45) is 0. The van der Waals surface area contributed by atoms with Crippen LogP contribution in [0.1, 0.15) is 5.69 Å². The molecule has 2 rings (SSSR count). The summed E-state index contributed by atoms with van der Waals surface area (Å²) in [7, 11) is 0. The Balaban J connectivity index is 2.23. The second-order valence-electron chi connectivity index (χ2n) is 3.29. The van der Waals surface area contributed by atoms with Gasteiger partial charge in [0.05, 0.1) is 5.69 Å². The third-order valence-corrected chi connectivity index (χ3v) is 2.04. The van der Waals surface area contributed by atoms with E-state index in [1.54, 1.807) is 25.1 Å². The Kier molecular flexibility index (Phi) is 2.59. The van der Waals surface area contributed by atoms with Gasteiger partial charge in [0.1, 0.15) is 5.75 Å². The van der Waals surface area contributed by atoms with Gasteiger partial charge in [0.25, 0.3) is 0 Å². The average Bonchev–Trinajstić information content (AvgIpc) is 2.61. The first-order chi connectivity index (χ1) is 7.66. The van der Waals surface area contributed by atoms with E-state index in [-0.39, 0.29) is 0 Å². The molecule has 1 aromatic carbocycles. The fourth-order valence-electron chi connectivity index (χ4n) is 1.33. The number of aryl methyl sites for hydroxylation is 1. The summed E-state index contributed by atoms with van der Waals surface area (Å²) < 4.78 is 6.55. The Morgan fingerprint density at radius 1 is 1.38 bits per heavy atom. The lowest BCUT2D eigenvalue weighted by molar-refractivity contribution is 0.246. The molecule has 1 heterocycles. The second kappa shape index (κ2) is 4.06. The van der Waals surface area contributed by atoms with Crippen molar-refractivity contribution in [3.8, 4) is 11.6 Å². The van der Waals surface area contributed by atoms with E-state index < -0.39 is 6.03 Å². The summed E-state index contributed by atoms with van der Waals surface area (Å²) in [5, 5.41) is 3.92. The number of carbonyl (C=O) groups is 1. The van der Waals surface area contributed by atoms with Crippen molar-refractivity contribution in [2.24, 2.45) is 5.73 Å². The number of rotatable bonds is 2. The van der Waals surface area contributed by atoms with Crippen LogP contribution in [0.5, 0.6) is 11.6 Å². The van der Waals surface area contributed by atoms with Crippen LogP contribution in [-0.4, -0.2) is 15.8 Å². The topological polar surface area (TPSA) is 70.1 Å². The molecule has 1 amide bonds. The van der Waals surface area contributed by atoms with Crippen molar-refractivity contribution in [1.29, 1.82) is 0 Å². The number of carbonyl (C=O) groups excluding carboxylic acids is 1. The number of aromatic nitrogens is 2. The summed E-state index contributed by atoms with van der Waals surface area (Å²) in [5.74, 6) is 1.01. The van der Waals surface area contributed by atoms with Gasteiger partial charge >= 0.3 is 6.03 Å². The van der Waals surface area contributed by atoms with Crippen molar-refractivity contribution in [2.75, 3.05) is 0 Å². The van der Waals surface area contributed by atoms with Crippen LogP contribution < -0.4 is 10.5 Å². The molecule has 0 fully saturated rings. The Morgan fingerprint density at radius 2 is 2.06 bits per heavy atom. The molecule has 0 aliphatic rings. The van der Waals surface area contributed by atoms with Gasteiger partial charge in [-0.3, -0.25) is 0 Å². The van der Waals surface area contributed by atoms with Gasteiger partial charge in [-0.2, -0.15) is 4.68 Å². The molecule has 16 heavy (non-hydrogen) atoms. The maximum Gasteiger partial charge on any atom is 0.339 e. The van der Waals surface area contributed by atoms with Crippen LogP contribution in [0, 0.1) is 6.92 Å². The second-order valence-corrected chi connectivity index (χ2v) is 3.29. The van der Waals surface area contributed by atoms with Crippen LogP contribution in [0.15, 0.2) is 36.4 Å². The molecule has 2 aromatic rings. The molecule has 0 radical (unpaired) electrons. The molecule has 5 nitrogen and oxygen atoms in total. The Labute approximate surface area is 92.4 Å². The molecule has 5 heteroatoms. The van der Waals surface area contributed by atoms with Gasteiger partial charge in [-0.15, -0.1) is 5.10 Å². The lowest BCUT2D eigenvalue weighted by Crippen LogP contribution is -2.21. The number of benzene rings is 1. The van der Waals surface area contributed by atoms with E-state index in [1.165, 1.54) is 0 Å². The highest BCUT2D eigenvalue weighted by Crippen LogP contribution is 2.19. The Bertz CT molecular complexity index is 505. The summed E-state index contributed by atoms with van der Waals surface area (Å²) in [6, 6.07) is 10.2. The minimum absolute atomic E-state index is 0.350. The van der Waals surface area contributed by atoms with Crippen LogP contribution in [0.4, 0.5) is 4.79 Å². The van der Waals surface area contributed by atoms with E-state index in [4.69, 9.17) is 10.5 Å². The fourth-order valence-corrected chi connectivity index (χ4v) is 1.33. The fraction of sp³-hybridized carbons (Fsp3) is 0.0909. The number of hydrogen-bond acceptors (Lipinski definition) is 3. The molecule has 0 atom stereocenters. The molecule has 2 N–H and O–H groups in total. The van der Waals surface area contributed by atoms with Gasteiger partial charge < -0.3 is 10.5 Å². The lowest BCUT2D eigenvalue weighted by Gasteiger charge is -2.00. The predicted molar refractivity (Wildman–Crippen MR) is 58.5 cm³/mol. The Morgan fingerprint density at radius 3 is 2.62 bits per heavy atom. The molecule has 0 aliphatic carbocycles. The third-order valence-electron chi connectivity index (χ3n) is 2.04. The summed E-state index contributed by atoms with van der Waals surface area (Å²) in [4.78, 5) is 11.0. The maximum absolute atomic E-state index is 11.0. The largest absolute Gasteiger partial charge is 0.438 e. The van der Waals surface area contributed by atoms with Crippen molar-refractivity contribution in [3.63, 3.8) is 0 Å². The van der Waals surface area contributed by atoms with E-state index >= 15 is 0 Å². The average molecular weight is 217 g/mol. The van der Waals surface area contributed by atoms with Gasteiger partial charge in [-0.1, -0.05) is 18.2 Å². The zero-order chi connectivity index (χ0) is 11.5. The van der Waals surface area contributed by atoms with E-state index in [0.29, 0.717) is 17.3 Å². The van der Waals surface area contributed by atoms with Gasteiger partial charge in [0.2, 0.25) is 5.88 Å². The zero-order valence-corrected chi connectivity index (χ0v) is 8.75. The molecule has 82 valence electrons. The quantitative estimate of drug-likeness (QED) is 0.835. The van der Waals surface area contributed by atoms with Crippen molar-refractivity contribution < 1.29 is 9.53 Å². The van der Waals surface area contributed by atoms with Crippen molar-refractivity contribution in [3.05, 3.63) is 42.1 Å². The van der Waals surface area contributed by atoms with Crippen molar-refractivity contribution in [2.45, 2.75) is 6.92 Å². The molecule has 0 unspecified atom stereocenters. The number of nitrogens with zero attached hydrogens (tertiary/aromatic N) is 2. The predicted octanol–water partition coefficient (Wildman–Crippen LogP) is 1.91. The molecular weight excluding hydrogens is 206 g/mol. The first-order valence-corrected chi connectivity index (χ1v) is 4.76. The standard InChI is InChI=1S/C11H11N3O2/c1-8-7-10(13-14(8)11(12)15)16-9-5-3-2-4-6-9/h2-7H,1H3,(H2,12,15).